The van der Waals surface area contributed by atoms with Crippen LogP contribution in [0.3, 0.4) is 0 Å². The van der Waals surface area contributed by atoms with Crippen LogP contribution in [0.2, 0.25) is 0 Å². The molecule has 3 aromatic carbocycles. The summed E-state index contributed by atoms with van der Waals surface area (Å²) < 4.78 is 6.01. The summed E-state index contributed by atoms with van der Waals surface area (Å²) in [6.07, 6.45) is 1.08. The third-order valence-electron chi connectivity index (χ3n) is 9.61. The SMILES string of the molecule is CC(C)(C)CC(C(=O)NCCc1ccc(O)c(O)c1)C(C)(C)C(C)(C)C(C(=O)Oc1ccc(C(=O)c2ccccc2)cc1)C(C)(C)C. The van der Waals surface area contributed by atoms with Crippen molar-refractivity contribution in [2.75, 3.05) is 6.54 Å². The Bertz CT molecular complexity index is 1540. The molecule has 0 bridgehead atoms. The second-order valence-corrected chi connectivity index (χ2v) is 16.1. The zero-order valence-corrected chi connectivity index (χ0v) is 29.7. The second-order valence-electron chi connectivity index (χ2n) is 16.1. The average Bonchev–Trinajstić information content (AvgIpc) is 2.96. The van der Waals surface area contributed by atoms with Crippen molar-refractivity contribution >= 4 is 17.7 Å². The normalized spacial score (nSPS) is 13.8. The lowest BCUT2D eigenvalue weighted by Crippen LogP contribution is -2.55. The van der Waals surface area contributed by atoms with E-state index < -0.39 is 28.1 Å². The van der Waals surface area contributed by atoms with Crippen molar-refractivity contribution in [2.24, 2.45) is 33.5 Å². The van der Waals surface area contributed by atoms with Gasteiger partial charge in [0.2, 0.25) is 5.91 Å². The summed E-state index contributed by atoms with van der Waals surface area (Å²) in [4.78, 5) is 41.0. The van der Waals surface area contributed by atoms with Crippen LogP contribution in [0.25, 0.3) is 0 Å². The van der Waals surface area contributed by atoms with E-state index in [2.05, 4.69) is 39.9 Å². The van der Waals surface area contributed by atoms with E-state index in [-0.39, 0.29) is 34.6 Å². The Labute approximate surface area is 280 Å². The number of ketones is 1. The maximum atomic E-state index is 14.1. The Morgan fingerprint density at radius 2 is 1.30 bits per heavy atom. The van der Waals surface area contributed by atoms with Crippen LogP contribution in [0.15, 0.2) is 72.8 Å². The molecule has 0 heterocycles. The molecule has 3 rings (SSSR count). The van der Waals surface area contributed by atoms with Crippen LogP contribution >= 0.6 is 0 Å². The molecule has 0 saturated heterocycles. The number of rotatable bonds is 12. The van der Waals surface area contributed by atoms with Crippen molar-refractivity contribution in [2.45, 2.75) is 82.1 Å². The lowest BCUT2D eigenvalue weighted by molar-refractivity contribution is -0.161. The van der Waals surface area contributed by atoms with E-state index >= 15 is 0 Å². The molecule has 0 saturated carbocycles. The summed E-state index contributed by atoms with van der Waals surface area (Å²) >= 11 is 0. The summed E-state index contributed by atoms with van der Waals surface area (Å²) in [6.45, 7) is 21.0. The van der Waals surface area contributed by atoms with Crippen molar-refractivity contribution in [3.05, 3.63) is 89.5 Å². The first-order valence-electron chi connectivity index (χ1n) is 16.4. The van der Waals surface area contributed by atoms with E-state index in [1.54, 1.807) is 42.5 Å². The Morgan fingerprint density at radius 3 is 1.83 bits per heavy atom. The molecule has 254 valence electrons. The van der Waals surface area contributed by atoms with Gasteiger partial charge < -0.3 is 20.3 Å². The van der Waals surface area contributed by atoms with Gasteiger partial charge >= 0.3 is 5.97 Å². The Kier molecular flexibility index (Phi) is 11.4. The molecule has 0 spiro atoms. The molecule has 3 N–H and O–H groups in total. The highest BCUT2D eigenvalue weighted by molar-refractivity contribution is 6.09. The van der Waals surface area contributed by atoms with Gasteiger partial charge in [0.25, 0.3) is 0 Å². The zero-order valence-electron chi connectivity index (χ0n) is 29.7. The minimum Gasteiger partial charge on any atom is -0.504 e. The number of carbonyl (C=O) groups is 3. The number of phenols is 2. The molecule has 47 heavy (non-hydrogen) atoms. The number of aromatic hydroxyl groups is 2. The average molecular weight is 644 g/mol. The van der Waals surface area contributed by atoms with Gasteiger partial charge in [0, 0.05) is 23.6 Å². The van der Waals surface area contributed by atoms with Crippen LogP contribution in [-0.2, 0) is 16.0 Å². The van der Waals surface area contributed by atoms with Gasteiger partial charge in [-0.25, -0.2) is 0 Å². The molecule has 0 aromatic heterocycles. The first-order chi connectivity index (χ1) is 21.6. The van der Waals surface area contributed by atoms with E-state index in [4.69, 9.17) is 4.74 Å². The van der Waals surface area contributed by atoms with Crippen LogP contribution in [0, 0.1) is 33.5 Å². The summed E-state index contributed by atoms with van der Waals surface area (Å²) in [7, 11) is 0. The number of phenolic OH excluding ortho intramolecular Hbond substituents is 2. The van der Waals surface area contributed by atoms with E-state index in [1.807, 2.05) is 52.8 Å². The van der Waals surface area contributed by atoms with Gasteiger partial charge in [0.1, 0.15) is 5.75 Å². The highest BCUT2D eigenvalue weighted by Gasteiger charge is 2.56. The van der Waals surface area contributed by atoms with Crippen LogP contribution < -0.4 is 10.1 Å². The number of ether oxygens (including phenoxy) is 1. The number of carbonyl (C=O) groups excluding carboxylic acids is 3. The minimum absolute atomic E-state index is 0.0966. The fraction of sp³-hybridized carbons (Fsp3) is 0.475. The zero-order chi connectivity index (χ0) is 35.4. The van der Waals surface area contributed by atoms with Crippen LogP contribution in [0.1, 0.15) is 97.1 Å². The van der Waals surface area contributed by atoms with Gasteiger partial charge in [-0.2, -0.15) is 0 Å². The quantitative estimate of drug-likeness (QED) is 0.0791. The van der Waals surface area contributed by atoms with Gasteiger partial charge in [-0.15, -0.1) is 0 Å². The second kappa shape index (κ2) is 14.3. The minimum atomic E-state index is -0.707. The van der Waals surface area contributed by atoms with Crippen molar-refractivity contribution in [3.8, 4) is 17.2 Å². The van der Waals surface area contributed by atoms with Gasteiger partial charge in [-0.3, -0.25) is 14.4 Å². The lowest BCUT2D eigenvalue weighted by atomic mass is 9.50. The first kappa shape index (κ1) is 37.3. The van der Waals surface area contributed by atoms with E-state index in [0.717, 1.165) is 5.56 Å². The summed E-state index contributed by atoms with van der Waals surface area (Å²) in [5.41, 5.74) is -0.170. The van der Waals surface area contributed by atoms with Crippen molar-refractivity contribution in [1.82, 2.24) is 5.32 Å². The number of nitrogens with one attached hydrogen (secondary N) is 1. The van der Waals surface area contributed by atoms with Crippen LogP contribution in [0.5, 0.6) is 17.2 Å². The molecule has 0 aliphatic carbocycles. The molecular formula is C40H53NO6. The summed E-state index contributed by atoms with van der Waals surface area (Å²) in [5, 5.41) is 22.6. The molecule has 2 atom stereocenters. The number of benzene rings is 3. The van der Waals surface area contributed by atoms with Gasteiger partial charge in [-0.05, 0) is 76.5 Å². The molecule has 0 fully saturated rings. The fourth-order valence-electron chi connectivity index (χ4n) is 6.62. The van der Waals surface area contributed by atoms with Crippen molar-refractivity contribution in [3.63, 3.8) is 0 Å². The van der Waals surface area contributed by atoms with Crippen molar-refractivity contribution < 1.29 is 29.3 Å². The predicted octanol–water partition coefficient (Wildman–Crippen LogP) is 8.36. The number of amides is 1. The fourth-order valence-corrected chi connectivity index (χ4v) is 6.62. The monoisotopic (exact) mass is 643 g/mol. The standard InChI is InChI=1S/C40H53NO6/c1-37(2,3)25-30(35(45)41-23-22-26-16-21-31(42)32(43)24-26)39(7,8)40(9,10)34(38(4,5)6)36(46)47-29-19-17-28(18-20-29)33(44)27-14-12-11-13-15-27/h11-21,24,30,34,42-43H,22-23,25H2,1-10H3,(H,41,45). The number of esters is 1. The van der Waals surface area contributed by atoms with Gasteiger partial charge in [-0.1, -0.05) is 106 Å². The number of hydrogen-bond acceptors (Lipinski definition) is 6. The summed E-state index contributed by atoms with van der Waals surface area (Å²) in [6, 6.07) is 20.3. The van der Waals surface area contributed by atoms with Crippen molar-refractivity contribution in [1.29, 1.82) is 0 Å². The Morgan fingerprint density at radius 1 is 0.723 bits per heavy atom. The van der Waals surface area contributed by atoms with Gasteiger partial charge in [0.15, 0.2) is 17.3 Å². The third-order valence-corrected chi connectivity index (χ3v) is 9.61. The topological polar surface area (TPSA) is 113 Å². The molecule has 7 heteroatoms. The lowest BCUT2D eigenvalue weighted by Gasteiger charge is -2.53. The van der Waals surface area contributed by atoms with E-state index in [0.29, 0.717) is 36.3 Å². The highest BCUT2D eigenvalue weighted by Crippen LogP contribution is 2.56. The summed E-state index contributed by atoms with van der Waals surface area (Å²) in [5.74, 6) is -1.65. The number of hydrogen-bond donors (Lipinski definition) is 3. The predicted molar refractivity (Wildman–Crippen MR) is 187 cm³/mol. The molecular weight excluding hydrogens is 590 g/mol. The molecule has 0 aliphatic rings. The molecule has 0 radical (unpaired) electrons. The first-order valence-corrected chi connectivity index (χ1v) is 16.4. The molecule has 1 amide bonds. The molecule has 2 unspecified atom stereocenters. The maximum Gasteiger partial charge on any atom is 0.315 e. The molecule has 0 aliphatic heterocycles. The third kappa shape index (κ3) is 9.24. The maximum absolute atomic E-state index is 14.1. The largest absolute Gasteiger partial charge is 0.504 e. The van der Waals surface area contributed by atoms with E-state index in [1.165, 1.54) is 12.1 Å². The van der Waals surface area contributed by atoms with Crippen LogP contribution in [0.4, 0.5) is 0 Å². The Balaban J connectivity index is 1.86. The van der Waals surface area contributed by atoms with Crippen LogP contribution in [-0.4, -0.2) is 34.4 Å². The van der Waals surface area contributed by atoms with Gasteiger partial charge in [0.05, 0.1) is 5.92 Å². The van der Waals surface area contributed by atoms with E-state index in [9.17, 15) is 24.6 Å². The smallest absolute Gasteiger partial charge is 0.315 e. The molecule has 3 aromatic rings. The molecule has 7 nitrogen and oxygen atoms in total. The highest BCUT2D eigenvalue weighted by atomic mass is 16.5. The Hall–Kier alpha value is -4.13.